The van der Waals surface area contributed by atoms with Gasteiger partial charge in [0.25, 0.3) is 5.91 Å². The first-order valence-corrected chi connectivity index (χ1v) is 9.86. The lowest BCUT2D eigenvalue weighted by atomic mass is 9.93. The number of rotatable bonds is 5. The number of carbonyl (C=O) groups excluding carboxylic acids is 1. The summed E-state index contributed by atoms with van der Waals surface area (Å²) in [6.45, 7) is 6.85. The molecule has 0 aliphatic carbocycles. The third-order valence-electron chi connectivity index (χ3n) is 5.08. The first kappa shape index (κ1) is 20.3. The van der Waals surface area contributed by atoms with Crippen LogP contribution in [0.15, 0.2) is 35.3 Å². The minimum atomic E-state index is -0.127. The van der Waals surface area contributed by atoms with Gasteiger partial charge < -0.3 is 19.1 Å². The average Bonchev–Trinajstić information content (AvgIpc) is 2.72. The molecule has 3 rings (SSSR count). The number of methoxy groups -OCH3 is 3. The molecule has 0 bridgehead atoms. The summed E-state index contributed by atoms with van der Waals surface area (Å²) in [4.78, 5) is 15.0. The molecule has 0 saturated heterocycles. The number of hydrogen-bond acceptors (Lipinski definition) is 4. The van der Waals surface area contributed by atoms with Crippen LogP contribution in [0.2, 0.25) is 0 Å². The molecule has 0 unspecified atom stereocenters. The zero-order valence-electron chi connectivity index (χ0n) is 16.6. The molecule has 1 heterocycles. The number of carbonyl (C=O) groups is 1. The van der Waals surface area contributed by atoms with Gasteiger partial charge in [0.15, 0.2) is 11.5 Å². The van der Waals surface area contributed by atoms with E-state index in [4.69, 9.17) is 14.2 Å². The smallest absolute Gasteiger partial charge is 0.259 e. The van der Waals surface area contributed by atoms with Crippen LogP contribution in [0, 0.1) is 0 Å². The van der Waals surface area contributed by atoms with Crippen molar-refractivity contribution >= 4 is 27.5 Å². The Hall–Kier alpha value is -2.47. The quantitative estimate of drug-likeness (QED) is 0.668. The van der Waals surface area contributed by atoms with Crippen molar-refractivity contribution in [2.75, 3.05) is 27.9 Å². The summed E-state index contributed by atoms with van der Waals surface area (Å²) in [6.07, 6.45) is 1.59. The van der Waals surface area contributed by atoms with E-state index in [1.165, 1.54) is 0 Å². The van der Waals surface area contributed by atoms with Crippen molar-refractivity contribution in [3.8, 4) is 17.2 Å². The van der Waals surface area contributed by atoms with Gasteiger partial charge in [-0.25, -0.2) is 0 Å². The summed E-state index contributed by atoms with van der Waals surface area (Å²) in [5.74, 6) is 1.83. The standard InChI is InChI=1S/C22H24BrNO4/c1-6-14-9-16-13(2)24(8-7-15(16)10-19(14)26-3)22(25)17-11-20(27-4)21(28-5)12-18(17)23/h9-12H,2,6-8H2,1,3-5H3. The molecule has 1 aliphatic rings. The van der Waals surface area contributed by atoms with Crippen molar-refractivity contribution in [3.05, 3.63) is 57.6 Å². The zero-order chi connectivity index (χ0) is 20.4. The minimum absolute atomic E-state index is 0.127. The van der Waals surface area contributed by atoms with Crippen molar-refractivity contribution in [1.29, 1.82) is 0 Å². The van der Waals surface area contributed by atoms with Gasteiger partial charge in [-0.15, -0.1) is 0 Å². The lowest BCUT2D eigenvalue weighted by Gasteiger charge is -2.32. The van der Waals surface area contributed by atoms with Crippen molar-refractivity contribution in [2.24, 2.45) is 0 Å². The summed E-state index contributed by atoms with van der Waals surface area (Å²) in [5, 5.41) is 0. The van der Waals surface area contributed by atoms with E-state index >= 15 is 0 Å². The van der Waals surface area contributed by atoms with Crippen LogP contribution >= 0.6 is 15.9 Å². The Kier molecular flexibility index (Phi) is 5.98. The first-order valence-electron chi connectivity index (χ1n) is 9.07. The normalized spacial score (nSPS) is 13.2. The fourth-order valence-electron chi connectivity index (χ4n) is 3.51. The molecule has 2 aromatic rings. The molecule has 6 heteroatoms. The van der Waals surface area contributed by atoms with Gasteiger partial charge in [0.1, 0.15) is 5.75 Å². The van der Waals surface area contributed by atoms with Crippen LogP contribution in [0.3, 0.4) is 0 Å². The lowest BCUT2D eigenvalue weighted by Crippen LogP contribution is -2.35. The highest BCUT2D eigenvalue weighted by Crippen LogP contribution is 2.37. The van der Waals surface area contributed by atoms with E-state index in [1.807, 2.05) is 0 Å². The third-order valence-corrected chi connectivity index (χ3v) is 5.73. The second-order valence-electron chi connectivity index (χ2n) is 6.52. The van der Waals surface area contributed by atoms with E-state index < -0.39 is 0 Å². The van der Waals surface area contributed by atoms with Gasteiger partial charge in [0.05, 0.1) is 26.9 Å². The highest BCUT2D eigenvalue weighted by molar-refractivity contribution is 9.10. The predicted octanol–water partition coefficient (Wildman–Crippen LogP) is 4.71. The van der Waals surface area contributed by atoms with Crippen molar-refractivity contribution in [1.82, 2.24) is 4.90 Å². The largest absolute Gasteiger partial charge is 0.496 e. The number of hydrogen-bond donors (Lipinski definition) is 0. The SMILES string of the molecule is C=C1c2cc(CC)c(OC)cc2CCN1C(=O)c1cc(OC)c(OC)cc1Br. The van der Waals surface area contributed by atoms with Crippen LogP contribution in [0.4, 0.5) is 0 Å². The van der Waals surface area contributed by atoms with Gasteiger partial charge >= 0.3 is 0 Å². The number of fused-ring (bicyclic) bond motifs is 1. The maximum Gasteiger partial charge on any atom is 0.259 e. The fourth-order valence-corrected chi connectivity index (χ4v) is 4.00. The molecule has 0 radical (unpaired) electrons. The van der Waals surface area contributed by atoms with Crippen LogP contribution in [0.25, 0.3) is 5.70 Å². The Labute approximate surface area is 174 Å². The molecular formula is C22H24BrNO4. The molecule has 2 aromatic carbocycles. The van der Waals surface area contributed by atoms with Crippen LogP contribution in [0.5, 0.6) is 17.2 Å². The van der Waals surface area contributed by atoms with E-state index in [2.05, 4.69) is 41.6 Å². The maximum atomic E-state index is 13.3. The van der Waals surface area contributed by atoms with Crippen molar-refractivity contribution < 1.29 is 19.0 Å². The van der Waals surface area contributed by atoms with Gasteiger partial charge in [-0.05, 0) is 64.2 Å². The molecule has 5 nitrogen and oxygen atoms in total. The van der Waals surface area contributed by atoms with E-state index in [0.717, 1.165) is 35.3 Å². The van der Waals surface area contributed by atoms with Crippen molar-refractivity contribution in [3.63, 3.8) is 0 Å². The number of amides is 1. The Morgan fingerprint density at radius 1 is 1.07 bits per heavy atom. The second kappa shape index (κ2) is 8.27. The Bertz CT molecular complexity index is 939. The number of ether oxygens (including phenoxy) is 3. The maximum absolute atomic E-state index is 13.3. The van der Waals surface area contributed by atoms with Crippen LogP contribution in [-0.2, 0) is 12.8 Å². The van der Waals surface area contributed by atoms with Crippen molar-refractivity contribution in [2.45, 2.75) is 19.8 Å². The molecule has 0 saturated carbocycles. The summed E-state index contributed by atoms with van der Waals surface area (Å²) in [7, 11) is 4.80. The van der Waals surface area contributed by atoms with Crippen LogP contribution in [-0.4, -0.2) is 38.7 Å². The molecule has 0 N–H and O–H groups in total. The number of aryl methyl sites for hydroxylation is 1. The number of benzene rings is 2. The van der Waals surface area contributed by atoms with E-state index in [1.54, 1.807) is 38.4 Å². The van der Waals surface area contributed by atoms with Gasteiger partial charge in [-0.2, -0.15) is 0 Å². The molecule has 28 heavy (non-hydrogen) atoms. The number of nitrogens with zero attached hydrogens (tertiary/aromatic N) is 1. The molecule has 0 aromatic heterocycles. The summed E-state index contributed by atoms with van der Waals surface area (Å²) < 4.78 is 16.8. The Balaban J connectivity index is 1.98. The van der Waals surface area contributed by atoms with Gasteiger partial charge in [-0.3, -0.25) is 4.79 Å². The van der Waals surface area contributed by atoms with E-state index in [9.17, 15) is 4.79 Å². The molecule has 148 valence electrons. The zero-order valence-corrected chi connectivity index (χ0v) is 18.2. The van der Waals surface area contributed by atoms with Gasteiger partial charge in [-0.1, -0.05) is 13.5 Å². The fraction of sp³-hybridized carbons (Fsp3) is 0.318. The third kappa shape index (κ3) is 3.49. The second-order valence-corrected chi connectivity index (χ2v) is 7.37. The molecule has 0 atom stereocenters. The predicted molar refractivity (Wildman–Crippen MR) is 113 cm³/mol. The van der Waals surface area contributed by atoms with Gasteiger partial charge in [0, 0.05) is 22.3 Å². The van der Waals surface area contributed by atoms with E-state index in [-0.39, 0.29) is 5.91 Å². The Morgan fingerprint density at radius 3 is 2.32 bits per heavy atom. The minimum Gasteiger partial charge on any atom is -0.496 e. The first-order chi connectivity index (χ1) is 13.4. The lowest BCUT2D eigenvalue weighted by molar-refractivity contribution is 0.0832. The topological polar surface area (TPSA) is 48.0 Å². The monoisotopic (exact) mass is 445 g/mol. The van der Waals surface area contributed by atoms with Crippen LogP contribution in [0.1, 0.15) is 34.0 Å². The van der Waals surface area contributed by atoms with Gasteiger partial charge in [0.2, 0.25) is 0 Å². The Morgan fingerprint density at radius 2 is 1.71 bits per heavy atom. The molecule has 0 fully saturated rings. The average molecular weight is 446 g/mol. The van der Waals surface area contributed by atoms with E-state index in [0.29, 0.717) is 33.8 Å². The molecule has 1 amide bonds. The van der Waals surface area contributed by atoms with Crippen LogP contribution < -0.4 is 14.2 Å². The molecular weight excluding hydrogens is 422 g/mol. The molecule has 0 spiro atoms. The summed E-state index contributed by atoms with van der Waals surface area (Å²) in [6, 6.07) is 7.58. The molecule has 1 aliphatic heterocycles. The highest BCUT2D eigenvalue weighted by atomic mass is 79.9. The summed E-state index contributed by atoms with van der Waals surface area (Å²) in [5.41, 5.74) is 4.45. The highest BCUT2D eigenvalue weighted by Gasteiger charge is 2.28. The summed E-state index contributed by atoms with van der Waals surface area (Å²) >= 11 is 3.48. The number of halogens is 1.